The molecule has 0 fully saturated rings. The molecule has 0 aromatic heterocycles. The van der Waals surface area contributed by atoms with Gasteiger partial charge in [0.05, 0.1) is 6.61 Å². The summed E-state index contributed by atoms with van der Waals surface area (Å²) in [6.45, 7) is 7.64. The minimum atomic E-state index is 0.169. The first-order chi connectivity index (χ1) is 12.8. The lowest BCUT2D eigenvalue weighted by molar-refractivity contribution is 0.308. The minimum Gasteiger partial charge on any atom is -0.494 e. The van der Waals surface area contributed by atoms with Gasteiger partial charge in [-0.15, -0.1) is 0 Å². The normalized spacial score (nSPS) is 14.1. The van der Waals surface area contributed by atoms with Crippen LogP contribution >= 0.6 is 0 Å². The molecule has 0 saturated heterocycles. The molecular formula is C25H34O. The van der Waals surface area contributed by atoms with Crippen LogP contribution in [0.4, 0.5) is 0 Å². The lowest BCUT2D eigenvalue weighted by Gasteiger charge is -2.32. The third-order valence-electron chi connectivity index (χ3n) is 5.92. The maximum Gasteiger partial charge on any atom is 0.119 e. The molecular weight excluding hydrogens is 316 g/mol. The number of fused-ring (bicyclic) bond motifs is 3. The quantitative estimate of drug-likeness (QED) is 0.403. The molecule has 0 radical (unpaired) electrons. The molecule has 26 heavy (non-hydrogen) atoms. The number of hydrogen-bond donors (Lipinski definition) is 0. The van der Waals surface area contributed by atoms with E-state index in [9.17, 15) is 0 Å². The van der Waals surface area contributed by atoms with Crippen LogP contribution in [0.2, 0.25) is 0 Å². The van der Waals surface area contributed by atoms with Gasteiger partial charge in [-0.3, -0.25) is 0 Å². The molecule has 140 valence electrons. The van der Waals surface area contributed by atoms with E-state index < -0.39 is 0 Å². The van der Waals surface area contributed by atoms with E-state index in [2.05, 4.69) is 63.2 Å². The Hall–Kier alpha value is -1.76. The largest absolute Gasteiger partial charge is 0.494 e. The SMILES string of the molecule is CCCCOc1ccc2c(c1)C(CCCC)(CCCC)c1ccccc1-2. The van der Waals surface area contributed by atoms with Crippen molar-refractivity contribution in [3.05, 3.63) is 53.6 Å². The van der Waals surface area contributed by atoms with Crippen LogP contribution in [0.15, 0.2) is 42.5 Å². The molecule has 0 unspecified atom stereocenters. The maximum absolute atomic E-state index is 6.07. The summed E-state index contributed by atoms with van der Waals surface area (Å²) in [5.41, 5.74) is 6.09. The van der Waals surface area contributed by atoms with Crippen molar-refractivity contribution in [1.29, 1.82) is 0 Å². The molecule has 1 heteroatoms. The molecule has 0 saturated carbocycles. The van der Waals surface area contributed by atoms with Crippen molar-refractivity contribution >= 4 is 0 Å². The molecule has 1 aliphatic carbocycles. The second kappa shape index (κ2) is 8.75. The topological polar surface area (TPSA) is 9.23 Å². The van der Waals surface area contributed by atoms with Crippen LogP contribution in [0.5, 0.6) is 5.75 Å². The summed E-state index contributed by atoms with van der Waals surface area (Å²) in [6, 6.07) is 15.9. The Kier molecular flexibility index (Phi) is 6.40. The number of hydrogen-bond acceptors (Lipinski definition) is 1. The summed E-state index contributed by atoms with van der Waals surface area (Å²) in [5.74, 6) is 1.04. The van der Waals surface area contributed by atoms with Crippen LogP contribution in [0.3, 0.4) is 0 Å². The van der Waals surface area contributed by atoms with Crippen LogP contribution in [-0.4, -0.2) is 6.61 Å². The predicted octanol–water partition coefficient (Wildman–Crippen LogP) is 7.51. The first-order valence-electron chi connectivity index (χ1n) is 10.6. The van der Waals surface area contributed by atoms with Crippen molar-refractivity contribution in [1.82, 2.24) is 0 Å². The van der Waals surface area contributed by atoms with Gasteiger partial charge in [-0.25, -0.2) is 0 Å². The fourth-order valence-corrected chi connectivity index (χ4v) is 4.48. The predicted molar refractivity (Wildman–Crippen MR) is 112 cm³/mol. The number of ether oxygens (including phenoxy) is 1. The Morgan fingerprint density at radius 1 is 0.731 bits per heavy atom. The molecule has 0 N–H and O–H groups in total. The van der Waals surface area contributed by atoms with Crippen molar-refractivity contribution in [3.8, 4) is 16.9 Å². The average molecular weight is 351 g/mol. The number of unbranched alkanes of at least 4 members (excludes halogenated alkanes) is 3. The molecule has 0 bridgehead atoms. The highest BCUT2D eigenvalue weighted by Crippen LogP contribution is 2.54. The van der Waals surface area contributed by atoms with Gasteiger partial charge in [-0.05, 0) is 53.6 Å². The number of benzene rings is 2. The second-order valence-electron chi connectivity index (χ2n) is 7.74. The zero-order valence-corrected chi connectivity index (χ0v) is 16.8. The van der Waals surface area contributed by atoms with Crippen LogP contribution in [0.1, 0.15) is 83.3 Å². The Morgan fingerprint density at radius 3 is 2.08 bits per heavy atom. The summed E-state index contributed by atoms with van der Waals surface area (Å²) < 4.78 is 6.07. The van der Waals surface area contributed by atoms with Crippen molar-refractivity contribution < 1.29 is 4.74 Å². The smallest absolute Gasteiger partial charge is 0.119 e. The third kappa shape index (κ3) is 3.54. The van der Waals surface area contributed by atoms with Crippen molar-refractivity contribution in [2.75, 3.05) is 6.61 Å². The zero-order chi connectivity index (χ0) is 18.4. The van der Waals surface area contributed by atoms with Gasteiger partial charge in [-0.2, -0.15) is 0 Å². The molecule has 0 aliphatic heterocycles. The fraction of sp³-hybridized carbons (Fsp3) is 0.520. The Labute approximate surface area is 159 Å². The van der Waals surface area contributed by atoms with Crippen molar-refractivity contribution in [2.24, 2.45) is 0 Å². The van der Waals surface area contributed by atoms with Gasteiger partial charge in [0.1, 0.15) is 5.75 Å². The Morgan fingerprint density at radius 2 is 1.38 bits per heavy atom. The van der Waals surface area contributed by atoms with Gasteiger partial charge in [0, 0.05) is 5.41 Å². The summed E-state index contributed by atoms with van der Waals surface area (Å²) in [7, 11) is 0. The van der Waals surface area contributed by atoms with E-state index in [4.69, 9.17) is 4.74 Å². The second-order valence-corrected chi connectivity index (χ2v) is 7.74. The van der Waals surface area contributed by atoms with Crippen LogP contribution in [0.25, 0.3) is 11.1 Å². The summed E-state index contributed by atoms with van der Waals surface area (Å²) in [6.07, 6.45) is 9.83. The standard InChI is InChI=1S/C25H34O/c1-4-7-16-25(17-8-5-2)23-13-11-10-12-21(23)22-15-14-20(19-24(22)25)26-18-9-6-3/h10-15,19H,4-9,16-18H2,1-3H3. The van der Waals surface area contributed by atoms with Gasteiger partial charge in [0.2, 0.25) is 0 Å². The molecule has 2 aromatic rings. The van der Waals surface area contributed by atoms with E-state index in [0.717, 1.165) is 18.8 Å². The zero-order valence-electron chi connectivity index (χ0n) is 16.8. The first kappa shape index (κ1) is 19.0. The van der Waals surface area contributed by atoms with Crippen LogP contribution in [-0.2, 0) is 5.41 Å². The van der Waals surface area contributed by atoms with Crippen molar-refractivity contribution in [3.63, 3.8) is 0 Å². The maximum atomic E-state index is 6.07. The van der Waals surface area contributed by atoms with Gasteiger partial charge < -0.3 is 4.74 Å². The van der Waals surface area contributed by atoms with Crippen molar-refractivity contribution in [2.45, 2.75) is 77.6 Å². The monoisotopic (exact) mass is 350 g/mol. The average Bonchev–Trinajstić information content (AvgIpc) is 2.95. The van der Waals surface area contributed by atoms with E-state index in [1.165, 1.54) is 61.6 Å². The molecule has 1 aliphatic rings. The highest BCUT2D eigenvalue weighted by atomic mass is 16.5. The Bertz CT molecular complexity index is 708. The molecule has 0 spiro atoms. The van der Waals surface area contributed by atoms with E-state index >= 15 is 0 Å². The third-order valence-corrected chi connectivity index (χ3v) is 5.92. The molecule has 0 heterocycles. The Balaban J connectivity index is 2.06. The highest BCUT2D eigenvalue weighted by Gasteiger charge is 2.42. The van der Waals surface area contributed by atoms with E-state index in [0.29, 0.717) is 0 Å². The van der Waals surface area contributed by atoms with Gasteiger partial charge in [-0.1, -0.05) is 83.2 Å². The van der Waals surface area contributed by atoms with E-state index in [1.807, 2.05) is 0 Å². The van der Waals surface area contributed by atoms with Crippen LogP contribution in [0, 0.1) is 0 Å². The van der Waals surface area contributed by atoms with Gasteiger partial charge in [0.15, 0.2) is 0 Å². The first-order valence-corrected chi connectivity index (χ1v) is 10.6. The highest BCUT2D eigenvalue weighted by molar-refractivity contribution is 5.81. The van der Waals surface area contributed by atoms with E-state index in [1.54, 1.807) is 5.56 Å². The van der Waals surface area contributed by atoms with E-state index in [-0.39, 0.29) is 5.41 Å². The molecule has 0 amide bonds. The summed E-state index contributed by atoms with van der Waals surface area (Å²) >= 11 is 0. The molecule has 0 atom stereocenters. The molecule has 2 aromatic carbocycles. The molecule has 1 nitrogen and oxygen atoms in total. The van der Waals surface area contributed by atoms with Gasteiger partial charge >= 0.3 is 0 Å². The number of rotatable bonds is 10. The fourth-order valence-electron chi connectivity index (χ4n) is 4.48. The molecule has 3 rings (SSSR count). The minimum absolute atomic E-state index is 0.169. The lowest BCUT2D eigenvalue weighted by Crippen LogP contribution is -2.25. The summed E-state index contributed by atoms with van der Waals surface area (Å²) in [5, 5.41) is 0. The summed E-state index contributed by atoms with van der Waals surface area (Å²) in [4.78, 5) is 0. The lowest BCUT2D eigenvalue weighted by atomic mass is 9.71. The van der Waals surface area contributed by atoms with Crippen LogP contribution < -0.4 is 4.74 Å². The van der Waals surface area contributed by atoms with Gasteiger partial charge in [0.25, 0.3) is 0 Å².